The highest BCUT2D eigenvalue weighted by Gasteiger charge is 2.32. The van der Waals surface area contributed by atoms with Crippen LogP contribution in [0.5, 0.6) is 0 Å². The molecule has 0 fully saturated rings. The molecule has 0 saturated carbocycles. The first-order chi connectivity index (χ1) is 7.59. The number of nitrogens with one attached hydrogen (secondary N) is 1. The van der Waals surface area contributed by atoms with Crippen LogP contribution in [0.1, 0.15) is 17.9 Å². The fourth-order valence-electron chi connectivity index (χ4n) is 1.86. The van der Waals surface area contributed by atoms with Crippen LogP contribution in [0.2, 0.25) is 0 Å². The largest absolute Gasteiger partial charge is 0.480 e. The van der Waals surface area contributed by atoms with Crippen LogP contribution in [0.15, 0.2) is 24.3 Å². The first kappa shape index (κ1) is 10.6. The molecule has 0 spiro atoms. The van der Waals surface area contributed by atoms with Gasteiger partial charge in [-0.3, -0.25) is 9.59 Å². The normalized spacial score (nSPS) is 20.1. The molecule has 1 amide bonds. The van der Waals surface area contributed by atoms with Crippen molar-refractivity contribution in [1.82, 2.24) is 0 Å². The van der Waals surface area contributed by atoms with Gasteiger partial charge in [0.2, 0.25) is 5.91 Å². The van der Waals surface area contributed by atoms with Crippen molar-refractivity contribution >= 4 is 17.6 Å². The Morgan fingerprint density at radius 1 is 1.50 bits per heavy atom. The quantitative estimate of drug-likeness (QED) is 0.692. The van der Waals surface area contributed by atoms with E-state index in [1.54, 1.807) is 6.07 Å². The molecule has 1 aromatic carbocycles. The summed E-state index contributed by atoms with van der Waals surface area (Å²) in [7, 11) is 0. The van der Waals surface area contributed by atoms with Gasteiger partial charge in [0, 0.05) is 5.69 Å². The van der Waals surface area contributed by atoms with Gasteiger partial charge in [0.25, 0.3) is 0 Å². The minimum atomic E-state index is -1.09. The van der Waals surface area contributed by atoms with Gasteiger partial charge in [0.1, 0.15) is 6.04 Å². The van der Waals surface area contributed by atoms with E-state index in [1.165, 1.54) is 0 Å². The third-order valence-electron chi connectivity index (χ3n) is 2.72. The highest BCUT2D eigenvalue weighted by molar-refractivity contribution is 6.03. The SMILES string of the molecule is N[C@@H](C[C@@H]1C(=O)Nc2ccccc21)C(=O)O. The molecule has 5 nitrogen and oxygen atoms in total. The molecule has 84 valence electrons. The third kappa shape index (κ3) is 1.77. The Labute approximate surface area is 92.3 Å². The lowest BCUT2D eigenvalue weighted by molar-refractivity contribution is -0.138. The number of carbonyl (C=O) groups excluding carboxylic acids is 1. The zero-order valence-corrected chi connectivity index (χ0v) is 8.51. The van der Waals surface area contributed by atoms with Gasteiger partial charge in [-0.15, -0.1) is 0 Å². The number of benzene rings is 1. The monoisotopic (exact) mass is 220 g/mol. The Morgan fingerprint density at radius 2 is 2.19 bits per heavy atom. The van der Waals surface area contributed by atoms with Gasteiger partial charge in [-0.1, -0.05) is 18.2 Å². The van der Waals surface area contributed by atoms with Gasteiger partial charge < -0.3 is 16.2 Å². The number of carboxylic acids is 1. The number of hydrogen-bond donors (Lipinski definition) is 3. The van der Waals surface area contributed by atoms with E-state index in [-0.39, 0.29) is 12.3 Å². The van der Waals surface area contributed by atoms with Crippen molar-refractivity contribution < 1.29 is 14.7 Å². The Balaban J connectivity index is 2.22. The van der Waals surface area contributed by atoms with Crippen molar-refractivity contribution in [2.45, 2.75) is 18.4 Å². The van der Waals surface area contributed by atoms with E-state index in [1.807, 2.05) is 18.2 Å². The molecule has 0 aliphatic carbocycles. The molecule has 2 rings (SSSR count). The van der Waals surface area contributed by atoms with E-state index in [4.69, 9.17) is 10.8 Å². The molecule has 0 saturated heterocycles. The summed E-state index contributed by atoms with van der Waals surface area (Å²) in [6.07, 6.45) is 0.123. The highest BCUT2D eigenvalue weighted by atomic mass is 16.4. The number of rotatable bonds is 3. The molecule has 1 heterocycles. The van der Waals surface area contributed by atoms with Gasteiger partial charge >= 0.3 is 5.97 Å². The molecule has 1 aromatic rings. The maximum absolute atomic E-state index is 11.6. The van der Waals surface area contributed by atoms with E-state index in [2.05, 4.69) is 5.32 Å². The van der Waals surface area contributed by atoms with Gasteiger partial charge in [-0.05, 0) is 18.1 Å². The molecule has 1 aliphatic rings. The summed E-state index contributed by atoms with van der Waals surface area (Å²) in [6, 6.07) is 6.23. The number of aliphatic carboxylic acids is 1. The number of fused-ring (bicyclic) bond motifs is 1. The summed E-state index contributed by atoms with van der Waals surface area (Å²) >= 11 is 0. The second-order valence-electron chi connectivity index (χ2n) is 3.81. The lowest BCUT2D eigenvalue weighted by atomic mass is 9.94. The lowest BCUT2D eigenvalue weighted by Crippen LogP contribution is -2.33. The van der Waals surface area contributed by atoms with Crippen LogP contribution >= 0.6 is 0 Å². The molecule has 0 aromatic heterocycles. The smallest absolute Gasteiger partial charge is 0.320 e. The van der Waals surface area contributed by atoms with Crippen LogP contribution in [0.3, 0.4) is 0 Å². The number of carbonyl (C=O) groups is 2. The Hall–Kier alpha value is -1.88. The highest BCUT2D eigenvalue weighted by Crippen LogP contribution is 2.34. The molecular weight excluding hydrogens is 208 g/mol. The number of hydrogen-bond acceptors (Lipinski definition) is 3. The maximum Gasteiger partial charge on any atom is 0.320 e. The zero-order chi connectivity index (χ0) is 11.7. The molecule has 1 aliphatic heterocycles. The van der Waals surface area contributed by atoms with Gasteiger partial charge in [0.15, 0.2) is 0 Å². The second-order valence-corrected chi connectivity index (χ2v) is 3.81. The topological polar surface area (TPSA) is 92.4 Å². The second kappa shape index (κ2) is 3.94. The van der Waals surface area contributed by atoms with E-state index < -0.39 is 17.9 Å². The first-order valence-corrected chi connectivity index (χ1v) is 4.98. The van der Waals surface area contributed by atoms with E-state index in [9.17, 15) is 9.59 Å². The maximum atomic E-state index is 11.6. The van der Waals surface area contributed by atoms with E-state index in [0.717, 1.165) is 11.3 Å². The molecule has 16 heavy (non-hydrogen) atoms. The Morgan fingerprint density at radius 3 is 2.88 bits per heavy atom. The fraction of sp³-hybridized carbons (Fsp3) is 0.273. The van der Waals surface area contributed by atoms with Crippen molar-refractivity contribution in [3.63, 3.8) is 0 Å². The molecule has 0 unspecified atom stereocenters. The minimum Gasteiger partial charge on any atom is -0.480 e. The van der Waals surface area contributed by atoms with Crippen LogP contribution in [0, 0.1) is 0 Å². The number of amides is 1. The summed E-state index contributed by atoms with van der Waals surface area (Å²) in [6.45, 7) is 0. The predicted octanol–water partition coefficient (Wildman–Crippen LogP) is 0.524. The summed E-state index contributed by atoms with van der Waals surface area (Å²) in [5, 5.41) is 11.4. The van der Waals surface area contributed by atoms with Crippen LogP contribution in [0.25, 0.3) is 0 Å². The summed E-state index contributed by atoms with van der Waals surface area (Å²) in [5.41, 5.74) is 7.00. The number of nitrogens with two attached hydrogens (primary N) is 1. The third-order valence-corrected chi connectivity index (χ3v) is 2.72. The van der Waals surface area contributed by atoms with Crippen LogP contribution < -0.4 is 11.1 Å². The zero-order valence-electron chi connectivity index (χ0n) is 8.51. The average Bonchev–Trinajstić information content (AvgIpc) is 2.55. The van der Waals surface area contributed by atoms with Crippen LogP contribution in [0.4, 0.5) is 5.69 Å². The van der Waals surface area contributed by atoms with Crippen molar-refractivity contribution in [3.05, 3.63) is 29.8 Å². The van der Waals surface area contributed by atoms with Crippen LogP contribution in [-0.4, -0.2) is 23.0 Å². The average molecular weight is 220 g/mol. The number of anilines is 1. The molecule has 5 heteroatoms. The van der Waals surface area contributed by atoms with Crippen molar-refractivity contribution in [2.24, 2.45) is 5.73 Å². The standard InChI is InChI=1S/C11H12N2O3/c12-8(11(15)16)5-7-6-3-1-2-4-9(6)13-10(7)14/h1-4,7-8H,5,12H2,(H,13,14)(H,15,16)/t7-,8-/m0/s1. The fourth-order valence-corrected chi connectivity index (χ4v) is 1.86. The Kier molecular flexibility index (Phi) is 2.62. The van der Waals surface area contributed by atoms with Crippen LogP contribution in [-0.2, 0) is 9.59 Å². The van der Waals surface area contributed by atoms with Gasteiger partial charge in [-0.2, -0.15) is 0 Å². The predicted molar refractivity (Wildman–Crippen MR) is 58.0 cm³/mol. The summed E-state index contributed by atoms with van der Waals surface area (Å²) in [5.74, 6) is -1.72. The molecular formula is C11H12N2O3. The van der Waals surface area contributed by atoms with Crippen molar-refractivity contribution in [2.75, 3.05) is 5.32 Å². The number of para-hydroxylation sites is 1. The van der Waals surface area contributed by atoms with E-state index >= 15 is 0 Å². The lowest BCUT2D eigenvalue weighted by Gasteiger charge is -2.11. The number of carboxylic acid groups (broad SMARTS) is 1. The van der Waals surface area contributed by atoms with Crippen molar-refractivity contribution in [3.8, 4) is 0 Å². The summed E-state index contributed by atoms with van der Waals surface area (Å²) < 4.78 is 0. The summed E-state index contributed by atoms with van der Waals surface area (Å²) in [4.78, 5) is 22.3. The van der Waals surface area contributed by atoms with Gasteiger partial charge in [0.05, 0.1) is 5.92 Å². The van der Waals surface area contributed by atoms with Crippen molar-refractivity contribution in [1.29, 1.82) is 0 Å². The minimum absolute atomic E-state index is 0.123. The van der Waals surface area contributed by atoms with E-state index in [0.29, 0.717) is 0 Å². The first-order valence-electron chi connectivity index (χ1n) is 4.98. The molecule has 4 N–H and O–H groups in total. The van der Waals surface area contributed by atoms with Gasteiger partial charge in [-0.25, -0.2) is 0 Å². The molecule has 0 bridgehead atoms. The Bertz CT molecular complexity index is 445. The molecule has 0 radical (unpaired) electrons. The molecule has 2 atom stereocenters.